The zero-order valence-corrected chi connectivity index (χ0v) is 10.8. The minimum atomic E-state index is 1.10. The highest BCUT2D eigenvalue weighted by molar-refractivity contribution is 7.99. The van der Waals surface area contributed by atoms with Gasteiger partial charge in [-0.05, 0) is 38.4 Å². The van der Waals surface area contributed by atoms with Crippen LogP contribution in [0.4, 0.5) is 0 Å². The second-order valence-corrected chi connectivity index (χ2v) is 5.00. The molecule has 1 N–H and O–H groups in total. The molecule has 0 aliphatic heterocycles. The Labute approximate surface area is 97.7 Å². The Hall–Kier alpha value is -0.470. The van der Waals surface area contributed by atoms with Gasteiger partial charge in [0.2, 0.25) is 0 Å². The lowest BCUT2D eigenvalue weighted by Crippen LogP contribution is -2.17. The molecule has 0 heterocycles. The maximum Gasteiger partial charge on any atom is 0.0106 e. The average Bonchev–Trinajstić information content (AvgIpc) is 2.23. The van der Waals surface area contributed by atoms with Crippen molar-refractivity contribution in [3.8, 4) is 0 Å². The zero-order valence-electron chi connectivity index (χ0n) is 9.97. The van der Waals surface area contributed by atoms with Crippen molar-refractivity contribution in [1.29, 1.82) is 0 Å². The van der Waals surface area contributed by atoms with Crippen molar-refractivity contribution in [3.63, 3.8) is 0 Å². The molecule has 0 fully saturated rings. The largest absolute Gasteiger partial charge is 0.316 e. The van der Waals surface area contributed by atoms with Gasteiger partial charge < -0.3 is 5.32 Å². The van der Waals surface area contributed by atoms with E-state index in [9.17, 15) is 0 Å². The van der Waals surface area contributed by atoms with Gasteiger partial charge in [-0.3, -0.25) is 0 Å². The van der Waals surface area contributed by atoms with Crippen LogP contribution < -0.4 is 5.32 Å². The fraction of sp³-hybridized carbons (Fsp3) is 0.538. The number of nitrogens with one attached hydrogen (secondary N) is 1. The number of thioether (sulfide) groups is 1. The smallest absolute Gasteiger partial charge is 0.0106 e. The molecule has 1 nitrogen and oxygen atoms in total. The first-order chi connectivity index (χ1) is 7.24. The van der Waals surface area contributed by atoms with Crippen molar-refractivity contribution >= 4 is 11.8 Å². The molecule has 2 heteroatoms. The van der Waals surface area contributed by atoms with E-state index < -0.39 is 0 Å². The van der Waals surface area contributed by atoms with Crippen molar-refractivity contribution in [2.75, 3.05) is 18.8 Å². The van der Waals surface area contributed by atoms with E-state index in [-0.39, 0.29) is 0 Å². The van der Waals surface area contributed by atoms with Gasteiger partial charge in [-0.2, -0.15) is 0 Å². The van der Waals surface area contributed by atoms with Crippen LogP contribution in [0.2, 0.25) is 0 Å². The summed E-state index contributed by atoms with van der Waals surface area (Å²) in [5.41, 5.74) is 2.74. The minimum absolute atomic E-state index is 1.10. The van der Waals surface area contributed by atoms with Crippen LogP contribution in [0.3, 0.4) is 0 Å². The lowest BCUT2D eigenvalue weighted by Gasteiger charge is -2.07. The summed E-state index contributed by atoms with van der Waals surface area (Å²) in [5, 5.41) is 3.42. The second-order valence-electron chi connectivity index (χ2n) is 3.87. The van der Waals surface area contributed by atoms with Crippen molar-refractivity contribution in [2.24, 2.45) is 0 Å². The molecule has 0 bridgehead atoms. The van der Waals surface area contributed by atoms with Crippen LogP contribution in [0.5, 0.6) is 0 Å². The summed E-state index contributed by atoms with van der Waals surface area (Å²) in [5.74, 6) is 1.16. The zero-order chi connectivity index (χ0) is 11.1. The van der Waals surface area contributed by atoms with E-state index in [1.165, 1.54) is 22.4 Å². The number of benzene rings is 1. The SMILES string of the molecule is CCCNCCSc1cc(C)ccc1C. The van der Waals surface area contributed by atoms with Crippen LogP contribution >= 0.6 is 11.8 Å². The lowest BCUT2D eigenvalue weighted by molar-refractivity contribution is 0.707. The molecule has 0 aliphatic rings. The Morgan fingerprint density at radius 3 is 2.73 bits per heavy atom. The first-order valence-electron chi connectivity index (χ1n) is 5.65. The van der Waals surface area contributed by atoms with Crippen LogP contribution in [-0.2, 0) is 0 Å². The van der Waals surface area contributed by atoms with Gasteiger partial charge in [-0.15, -0.1) is 11.8 Å². The third-order valence-electron chi connectivity index (χ3n) is 2.31. The molecular formula is C13H21NS. The first-order valence-corrected chi connectivity index (χ1v) is 6.63. The summed E-state index contributed by atoms with van der Waals surface area (Å²) in [6.07, 6.45) is 1.22. The highest BCUT2D eigenvalue weighted by Crippen LogP contribution is 2.22. The van der Waals surface area contributed by atoms with Gasteiger partial charge in [0.1, 0.15) is 0 Å². The van der Waals surface area contributed by atoms with Crippen LogP contribution in [0.25, 0.3) is 0 Å². The van der Waals surface area contributed by atoms with E-state index in [4.69, 9.17) is 0 Å². The molecule has 1 aromatic rings. The monoisotopic (exact) mass is 223 g/mol. The predicted molar refractivity (Wildman–Crippen MR) is 69.8 cm³/mol. The molecule has 0 saturated heterocycles. The molecular weight excluding hydrogens is 202 g/mol. The standard InChI is InChI=1S/C13H21NS/c1-4-7-14-8-9-15-13-10-11(2)5-6-12(13)3/h5-6,10,14H,4,7-9H2,1-3H3. The van der Waals surface area contributed by atoms with Crippen LogP contribution in [0, 0.1) is 13.8 Å². The summed E-state index contributed by atoms with van der Waals surface area (Å²) in [4.78, 5) is 1.42. The lowest BCUT2D eigenvalue weighted by atomic mass is 10.2. The number of aryl methyl sites for hydroxylation is 2. The molecule has 0 radical (unpaired) electrons. The maximum atomic E-state index is 3.42. The Kier molecular flexibility index (Phi) is 5.81. The fourth-order valence-electron chi connectivity index (χ4n) is 1.40. The van der Waals surface area contributed by atoms with E-state index in [1.54, 1.807) is 0 Å². The highest BCUT2D eigenvalue weighted by atomic mass is 32.2. The Morgan fingerprint density at radius 1 is 1.20 bits per heavy atom. The van der Waals surface area contributed by atoms with Crippen LogP contribution in [0.1, 0.15) is 24.5 Å². The molecule has 15 heavy (non-hydrogen) atoms. The second kappa shape index (κ2) is 6.91. The van der Waals surface area contributed by atoms with E-state index >= 15 is 0 Å². The molecule has 0 aromatic heterocycles. The first kappa shape index (κ1) is 12.6. The molecule has 1 aromatic carbocycles. The Morgan fingerprint density at radius 2 is 2.00 bits per heavy atom. The van der Waals surface area contributed by atoms with Gasteiger partial charge in [0.25, 0.3) is 0 Å². The van der Waals surface area contributed by atoms with Gasteiger partial charge in [0, 0.05) is 17.2 Å². The minimum Gasteiger partial charge on any atom is -0.316 e. The van der Waals surface area contributed by atoms with Gasteiger partial charge in [-0.25, -0.2) is 0 Å². The topological polar surface area (TPSA) is 12.0 Å². The molecule has 0 amide bonds. The number of hydrogen-bond donors (Lipinski definition) is 1. The van der Waals surface area contributed by atoms with Crippen LogP contribution in [0.15, 0.2) is 23.1 Å². The van der Waals surface area contributed by atoms with E-state index in [2.05, 4.69) is 44.3 Å². The molecule has 0 spiro atoms. The molecule has 1 rings (SSSR count). The van der Waals surface area contributed by atoms with E-state index in [0.717, 1.165) is 18.8 Å². The summed E-state index contributed by atoms with van der Waals surface area (Å²) in [6, 6.07) is 6.66. The quantitative estimate of drug-likeness (QED) is 0.586. The highest BCUT2D eigenvalue weighted by Gasteiger charge is 1.98. The van der Waals surface area contributed by atoms with Crippen molar-refractivity contribution in [2.45, 2.75) is 32.1 Å². The normalized spacial score (nSPS) is 10.6. The van der Waals surface area contributed by atoms with Crippen molar-refractivity contribution in [3.05, 3.63) is 29.3 Å². The molecule has 0 saturated carbocycles. The summed E-state index contributed by atoms with van der Waals surface area (Å²) in [6.45, 7) is 8.77. The molecule has 0 aliphatic carbocycles. The summed E-state index contributed by atoms with van der Waals surface area (Å²) < 4.78 is 0. The van der Waals surface area contributed by atoms with Crippen molar-refractivity contribution < 1.29 is 0 Å². The van der Waals surface area contributed by atoms with Gasteiger partial charge in [0.05, 0.1) is 0 Å². The van der Waals surface area contributed by atoms with E-state index in [0.29, 0.717) is 0 Å². The summed E-state index contributed by atoms with van der Waals surface area (Å²) in [7, 11) is 0. The summed E-state index contributed by atoms with van der Waals surface area (Å²) >= 11 is 1.95. The predicted octanol–water partition coefficient (Wildman–Crippen LogP) is 3.40. The van der Waals surface area contributed by atoms with Gasteiger partial charge in [0.15, 0.2) is 0 Å². The van der Waals surface area contributed by atoms with E-state index in [1.807, 2.05) is 11.8 Å². The molecule has 84 valence electrons. The van der Waals surface area contributed by atoms with Gasteiger partial charge >= 0.3 is 0 Å². The third-order valence-corrected chi connectivity index (χ3v) is 3.47. The fourth-order valence-corrected chi connectivity index (χ4v) is 2.43. The molecule has 0 unspecified atom stereocenters. The Bertz CT molecular complexity index is 297. The number of hydrogen-bond acceptors (Lipinski definition) is 2. The number of rotatable bonds is 6. The molecule has 0 atom stereocenters. The average molecular weight is 223 g/mol. The third kappa shape index (κ3) is 4.72. The Balaban J connectivity index is 2.33. The van der Waals surface area contributed by atoms with Crippen LogP contribution in [-0.4, -0.2) is 18.8 Å². The maximum absolute atomic E-state index is 3.42. The van der Waals surface area contributed by atoms with Gasteiger partial charge in [-0.1, -0.05) is 24.6 Å². The van der Waals surface area contributed by atoms with Crippen molar-refractivity contribution in [1.82, 2.24) is 5.32 Å².